The fourth-order valence-electron chi connectivity index (χ4n) is 2.46. The van der Waals surface area contributed by atoms with Crippen LogP contribution in [0.4, 0.5) is 0 Å². The van der Waals surface area contributed by atoms with Gasteiger partial charge in [-0.15, -0.1) is 0 Å². The van der Waals surface area contributed by atoms with Crippen molar-refractivity contribution in [3.8, 4) is 5.88 Å². The van der Waals surface area contributed by atoms with Gasteiger partial charge in [-0.2, -0.15) is 0 Å². The van der Waals surface area contributed by atoms with E-state index in [4.69, 9.17) is 4.74 Å². The number of ether oxygens (including phenoxy) is 1. The van der Waals surface area contributed by atoms with E-state index in [1.807, 2.05) is 24.3 Å². The molecular formula is C16H18N2O. The van der Waals surface area contributed by atoms with E-state index in [1.165, 1.54) is 17.5 Å². The minimum absolute atomic E-state index is 0.388. The zero-order valence-electron chi connectivity index (χ0n) is 10.9. The first-order valence-corrected chi connectivity index (χ1v) is 6.78. The largest absolute Gasteiger partial charge is 0.473 e. The molecule has 0 saturated carbocycles. The van der Waals surface area contributed by atoms with Gasteiger partial charge >= 0.3 is 0 Å². The van der Waals surface area contributed by atoms with Crippen molar-refractivity contribution in [3.05, 3.63) is 59.8 Å². The molecule has 1 saturated heterocycles. The summed E-state index contributed by atoms with van der Waals surface area (Å²) in [6, 6.07) is 14.7. The minimum Gasteiger partial charge on any atom is -0.473 e. The number of hydrogen-bond acceptors (Lipinski definition) is 3. The Morgan fingerprint density at radius 1 is 1.16 bits per heavy atom. The Bertz CT molecular complexity index is 521. The third-order valence-electron chi connectivity index (χ3n) is 3.45. The fourth-order valence-corrected chi connectivity index (χ4v) is 2.46. The van der Waals surface area contributed by atoms with E-state index >= 15 is 0 Å². The lowest BCUT2D eigenvalue weighted by molar-refractivity contribution is 0.287. The number of nitrogens with one attached hydrogen (secondary N) is 1. The van der Waals surface area contributed by atoms with Gasteiger partial charge in [0.1, 0.15) is 6.61 Å². The first-order chi connectivity index (χ1) is 9.43. The predicted octanol–water partition coefficient (Wildman–Crippen LogP) is 3.09. The fraction of sp³-hybridized carbons (Fsp3) is 0.312. The summed E-state index contributed by atoms with van der Waals surface area (Å²) in [6.45, 7) is 1.65. The second kappa shape index (κ2) is 5.85. The van der Waals surface area contributed by atoms with Crippen LogP contribution in [0.25, 0.3) is 0 Å². The summed E-state index contributed by atoms with van der Waals surface area (Å²) >= 11 is 0. The van der Waals surface area contributed by atoms with Crippen molar-refractivity contribution >= 4 is 0 Å². The van der Waals surface area contributed by atoms with Crippen LogP contribution in [0.3, 0.4) is 0 Å². The molecule has 3 rings (SSSR count). The number of pyridine rings is 1. The Morgan fingerprint density at radius 3 is 2.84 bits per heavy atom. The first-order valence-electron chi connectivity index (χ1n) is 6.78. The Kier molecular flexibility index (Phi) is 3.75. The summed E-state index contributed by atoms with van der Waals surface area (Å²) in [6.07, 6.45) is 4.17. The van der Waals surface area contributed by atoms with Crippen molar-refractivity contribution in [1.82, 2.24) is 10.3 Å². The molecule has 1 aromatic carbocycles. The average molecular weight is 254 g/mol. The highest BCUT2D eigenvalue weighted by Crippen LogP contribution is 2.29. The molecule has 0 spiro atoms. The van der Waals surface area contributed by atoms with Crippen molar-refractivity contribution in [2.45, 2.75) is 25.5 Å². The van der Waals surface area contributed by atoms with Crippen LogP contribution >= 0.6 is 0 Å². The standard InChI is InChI=1S/C16H18N2O/c1-2-6-13(7-3-1)12-19-16-14(8-4-11-18-16)15-9-5-10-17-15/h1-4,6-8,11,15,17H,5,9-10,12H2. The summed E-state index contributed by atoms with van der Waals surface area (Å²) in [5.74, 6) is 0.755. The molecule has 1 N–H and O–H groups in total. The van der Waals surface area contributed by atoms with Crippen LogP contribution in [0, 0.1) is 0 Å². The van der Waals surface area contributed by atoms with E-state index in [0.29, 0.717) is 12.6 Å². The number of benzene rings is 1. The molecule has 3 heteroatoms. The van der Waals surface area contributed by atoms with Crippen molar-refractivity contribution in [2.24, 2.45) is 0 Å². The van der Waals surface area contributed by atoms with E-state index in [-0.39, 0.29) is 0 Å². The number of rotatable bonds is 4. The molecule has 2 aromatic rings. The molecule has 0 amide bonds. The molecule has 19 heavy (non-hydrogen) atoms. The van der Waals surface area contributed by atoms with Crippen LogP contribution in [-0.4, -0.2) is 11.5 Å². The smallest absolute Gasteiger partial charge is 0.218 e. The SMILES string of the molecule is c1ccc(COc2ncccc2C2CCCN2)cc1. The quantitative estimate of drug-likeness (QED) is 0.910. The molecule has 0 bridgehead atoms. The lowest BCUT2D eigenvalue weighted by Crippen LogP contribution is -2.14. The van der Waals surface area contributed by atoms with Crippen LogP contribution < -0.4 is 10.1 Å². The third kappa shape index (κ3) is 2.93. The van der Waals surface area contributed by atoms with Gasteiger partial charge in [-0.3, -0.25) is 0 Å². The number of hydrogen-bond donors (Lipinski definition) is 1. The van der Waals surface area contributed by atoms with E-state index in [0.717, 1.165) is 18.8 Å². The van der Waals surface area contributed by atoms with Crippen LogP contribution in [0.5, 0.6) is 5.88 Å². The van der Waals surface area contributed by atoms with Crippen molar-refractivity contribution in [3.63, 3.8) is 0 Å². The van der Waals surface area contributed by atoms with Gasteiger partial charge in [0.05, 0.1) is 0 Å². The van der Waals surface area contributed by atoms with Gasteiger partial charge in [0.2, 0.25) is 5.88 Å². The zero-order chi connectivity index (χ0) is 12.9. The number of nitrogens with zero attached hydrogens (tertiary/aromatic N) is 1. The summed E-state index contributed by atoms with van der Waals surface area (Å²) in [5, 5.41) is 3.49. The van der Waals surface area contributed by atoms with Gasteiger partial charge in [0, 0.05) is 17.8 Å². The highest BCUT2D eigenvalue weighted by Gasteiger charge is 2.20. The highest BCUT2D eigenvalue weighted by molar-refractivity contribution is 5.30. The monoisotopic (exact) mass is 254 g/mol. The Hall–Kier alpha value is -1.87. The maximum absolute atomic E-state index is 5.88. The molecule has 1 aliphatic rings. The molecule has 3 nitrogen and oxygen atoms in total. The van der Waals surface area contributed by atoms with Crippen LogP contribution in [0.2, 0.25) is 0 Å². The van der Waals surface area contributed by atoms with E-state index < -0.39 is 0 Å². The van der Waals surface area contributed by atoms with E-state index in [2.05, 4.69) is 28.5 Å². The van der Waals surface area contributed by atoms with Gasteiger partial charge in [0.25, 0.3) is 0 Å². The van der Waals surface area contributed by atoms with E-state index in [1.54, 1.807) is 6.20 Å². The summed E-state index contributed by atoms with van der Waals surface area (Å²) in [4.78, 5) is 4.38. The maximum Gasteiger partial charge on any atom is 0.218 e. The molecule has 2 heterocycles. The molecule has 0 radical (unpaired) electrons. The Morgan fingerprint density at radius 2 is 2.05 bits per heavy atom. The topological polar surface area (TPSA) is 34.1 Å². The maximum atomic E-state index is 5.88. The van der Waals surface area contributed by atoms with Crippen LogP contribution in [0.1, 0.15) is 30.0 Å². The van der Waals surface area contributed by atoms with Gasteiger partial charge < -0.3 is 10.1 Å². The first kappa shape index (κ1) is 12.2. The van der Waals surface area contributed by atoms with Crippen molar-refractivity contribution in [1.29, 1.82) is 0 Å². The zero-order valence-corrected chi connectivity index (χ0v) is 10.9. The van der Waals surface area contributed by atoms with Crippen LogP contribution in [0.15, 0.2) is 48.7 Å². The predicted molar refractivity (Wildman–Crippen MR) is 75.0 cm³/mol. The summed E-state index contributed by atoms with van der Waals surface area (Å²) < 4.78 is 5.88. The van der Waals surface area contributed by atoms with Gasteiger partial charge in [-0.1, -0.05) is 36.4 Å². The van der Waals surface area contributed by atoms with Crippen molar-refractivity contribution < 1.29 is 4.74 Å². The normalized spacial score (nSPS) is 18.4. The second-order valence-corrected chi connectivity index (χ2v) is 4.82. The van der Waals surface area contributed by atoms with Gasteiger partial charge in [-0.05, 0) is 31.0 Å². The minimum atomic E-state index is 0.388. The molecule has 1 unspecified atom stereocenters. The molecule has 1 aliphatic heterocycles. The van der Waals surface area contributed by atoms with E-state index in [9.17, 15) is 0 Å². The molecule has 1 fully saturated rings. The van der Waals surface area contributed by atoms with Crippen molar-refractivity contribution in [2.75, 3.05) is 6.54 Å². The van der Waals surface area contributed by atoms with Crippen LogP contribution in [-0.2, 0) is 6.61 Å². The number of aromatic nitrogens is 1. The summed E-state index contributed by atoms with van der Waals surface area (Å²) in [5.41, 5.74) is 2.34. The molecule has 0 aliphatic carbocycles. The highest BCUT2D eigenvalue weighted by atomic mass is 16.5. The molecule has 1 atom stereocenters. The average Bonchev–Trinajstić information content (AvgIpc) is 3.01. The molecular weight excluding hydrogens is 236 g/mol. The molecule has 98 valence electrons. The molecule has 1 aromatic heterocycles. The lowest BCUT2D eigenvalue weighted by Gasteiger charge is -2.15. The second-order valence-electron chi connectivity index (χ2n) is 4.82. The third-order valence-corrected chi connectivity index (χ3v) is 3.45. The van der Waals surface area contributed by atoms with Gasteiger partial charge in [0.15, 0.2) is 0 Å². The Balaban J connectivity index is 1.73. The summed E-state index contributed by atoms with van der Waals surface area (Å²) in [7, 11) is 0. The van der Waals surface area contributed by atoms with Gasteiger partial charge in [-0.25, -0.2) is 4.98 Å². The Labute approximate surface area is 113 Å². The lowest BCUT2D eigenvalue weighted by atomic mass is 10.1.